The van der Waals surface area contributed by atoms with Crippen LogP contribution in [0.2, 0.25) is 0 Å². The number of likely N-dealkylation sites (tertiary alicyclic amines) is 1. The lowest BCUT2D eigenvalue weighted by Crippen LogP contribution is -2.45. The van der Waals surface area contributed by atoms with Crippen LogP contribution in [0.1, 0.15) is 12.8 Å². The quantitative estimate of drug-likeness (QED) is 0.684. The Hall–Kier alpha value is -0.120. The molecule has 1 heterocycles. The standard InChI is InChI=1S/C10H22N2O/c1-11(2)10(8-13)9-5-4-6-12(3)7-9/h9-10,13H,4-8H2,1-3H3. The SMILES string of the molecule is CN1CCCC(C(CO)N(C)C)C1. The lowest BCUT2D eigenvalue weighted by Gasteiger charge is -2.37. The van der Waals surface area contributed by atoms with E-state index in [1.165, 1.54) is 19.4 Å². The Morgan fingerprint density at radius 1 is 1.54 bits per heavy atom. The number of hydrogen-bond donors (Lipinski definition) is 1. The van der Waals surface area contributed by atoms with Crippen LogP contribution in [0, 0.1) is 5.92 Å². The average molecular weight is 186 g/mol. The largest absolute Gasteiger partial charge is 0.395 e. The first-order chi connectivity index (χ1) is 6.15. The van der Waals surface area contributed by atoms with E-state index in [-0.39, 0.29) is 6.61 Å². The third-order valence-corrected chi connectivity index (χ3v) is 3.06. The molecule has 2 atom stereocenters. The smallest absolute Gasteiger partial charge is 0.0589 e. The maximum absolute atomic E-state index is 9.27. The minimum atomic E-state index is 0.283. The van der Waals surface area contributed by atoms with Gasteiger partial charge in [0.05, 0.1) is 6.61 Å². The highest BCUT2D eigenvalue weighted by Crippen LogP contribution is 2.20. The lowest BCUT2D eigenvalue weighted by molar-refractivity contribution is 0.0764. The van der Waals surface area contributed by atoms with Gasteiger partial charge in [0.1, 0.15) is 0 Å². The van der Waals surface area contributed by atoms with Gasteiger partial charge >= 0.3 is 0 Å². The van der Waals surface area contributed by atoms with Gasteiger partial charge in [0.2, 0.25) is 0 Å². The number of likely N-dealkylation sites (N-methyl/N-ethyl adjacent to an activating group) is 1. The molecule has 2 unspecified atom stereocenters. The third-order valence-electron chi connectivity index (χ3n) is 3.06. The van der Waals surface area contributed by atoms with Crippen molar-refractivity contribution in [1.29, 1.82) is 0 Å². The van der Waals surface area contributed by atoms with Crippen molar-refractivity contribution >= 4 is 0 Å². The first-order valence-electron chi connectivity index (χ1n) is 5.11. The summed E-state index contributed by atoms with van der Waals surface area (Å²) in [5, 5.41) is 9.27. The number of aliphatic hydroxyl groups excluding tert-OH is 1. The van der Waals surface area contributed by atoms with Gasteiger partial charge in [-0.25, -0.2) is 0 Å². The van der Waals surface area contributed by atoms with Crippen molar-refractivity contribution in [3.05, 3.63) is 0 Å². The molecule has 3 heteroatoms. The van der Waals surface area contributed by atoms with Crippen molar-refractivity contribution < 1.29 is 5.11 Å². The Kier molecular flexibility index (Phi) is 4.16. The van der Waals surface area contributed by atoms with E-state index in [0.29, 0.717) is 12.0 Å². The summed E-state index contributed by atoms with van der Waals surface area (Å²) in [5.41, 5.74) is 0. The van der Waals surface area contributed by atoms with E-state index in [9.17, 15) is 5.11 Å². The van der Waals surface area contributed by atoms with Gasteiger partial charge in [-0.2, -0.15) is 0 Å². The monoisotopic (exact) mass is 186 g/mol. The minimum absolute atomic E-state index is 0.283. The van der Waals surface area contributed by atoms with E-state index < -0.39 is 0 Å². The zero-order valence-electron chi connectivity index (χ0n) is 9.03. The van der Waals surface area contributed by atoms with Crippen molar-refractivity contribution in [2.75, 3.05) is 40.8 Å². The van der Waals surface area contributed by atoms with Gasteiger partial charge in [0.15, 0.2) is 0 Å². The van der Waals surface area contributed by atoms with Crippen molar-refractivity contribution in [3.63, 3.8) is 0 Å². The van der Waals surface area contributed by atoms with Crippen molar-refractivity contribution in [2.45, 2.75) is 18.9 Å². The van der Waals surface area contributed by atoms with E-state index in [1.54, 1.807) is 0 Å². The first-order valence-corrected chi connectivity index (χ1v) is 5.11. The molecule has 0 aromatic rings. The predicted molar refractivity (Wildman–Crippen MR) is 54.8 cm³/mol. The molecule has 13 heavy (non-hydrogen) atoms. The van der Waals surface area contributed by atoms with Gasteiger partial charge in [0, 0.05) is 12.6 Å². The van der Waals surface area contributed by atoms with Gasteiger partial charge in [-0.1, -0.05) is 0 Å². The molecule has 1 fully saturated rings. The molecular weight excluding hydrogens is 164 g/mol. The molecule has 3 nitrogen and oxygen atoms in total. The van der Waals surface area contributed by atoms with Crippen molar-refractivity contribution in [2.24, 2.45) is 5.92 Å². The number of piperidine rings is 1. The van der Waals surface area contributed by atoms with Gasteiger partial charge in [-0.05, 0) is 46.4 Å². The molecule has 0 radical (unpaired) electrons. The van der Waals surface area contributed by atoms with Gasteiger partial charge in [-0.3, -0.25) is 0 Å². The van der Waals surface area contributed by atoms with Crippen LogP contribution in [0.15, 0.2) is 0 Å². The van der Waals surface area contributed by atoms with Gasteiger partial charge in [0.25, 0.3) is 0 Å². The number of hydrogen-bond acceptors (Lipinski definition) is 3. The molecule has 1 aliphatic heterocycles. The second-order valence-electron chi connectivity index (χ2n) is 4.38. The van der Waals surface area contributed by atoms with E-state index in [2.05, 4.69) is 30.9 Å². The molecular formula is C10H22N2O. The summed E-state index contributed by atoms with van der Waals surface area (Å²) >= 11 is 0. The molecule has 0 amide bonds. The van der Waals surface area contributed by atoms with Crippen LogP contribution >= 0.6 is 0 Å². The zero-order chi connectivity index (χ0) is 9.84. The average Bonchev–Trinajstić information content (AvgIpc) is 2.04. The summed E-state index contributed by atoms with van der Waals surface area (Å²) < 4.78 is 0. The van der Waals surface area contributed by atoms with E-state index in [1.807, 2.05) is 0 Å². The fourth-order valence-electron chi connectivity index (χ4n) is 2.25. The molecule has 0 aromatic heterocycles. The third kappa shape index (κ3) is 2.93. The summed E-state index contributed by atoms with van der Waals surface area (Å²) in [6.07, 6.45) is 2.53. The second-order valence-corrected chi connectivity index (χ2v) is 4.38. The highest BCUT2D eigenvalue weighted by Gasteiger charge is 2.26. The summed E-state index contributed by atoms with van der Waals surface area (Å²) in [6.45, 7) is 2.62. The van der Waals surface area contributed by atoms with Gasteiger partial charge in [-0.15, -0.1) is 0 Å². The van der Waals surface area contributed by atoms with Crippen LogP contribution in [-0.4, -0.2) is 61.8 Å². The number of aliphatic hydroxyl groups is 1. The number of rotatable bonds is 3. The second kappa shape index (κ2) is 4.94. The maximum Gasteiger partial charge on any atom is 0.0589 e. The van der Waals surface area contributed by atoms with Crippen LogP contribution < -0.4 is 0 Å². The Morgan fingerprint density at radius 3 is 2.69 bits per heavy atom. The van der Waals surface area contributed by atoms with Crippen LogP contribution in [-0.2, 0) is 0 Å². The van der Waals surface area contributed by atoms with Crippen molar-refractivity contribution in [1.82, 2.24) is 9.80 Å². The summed E-state index contributed by atoms with van der Waals surface area (Å²) in [7, 11) is 6.27. The molecule has 1 N–H and O–H groups in total. The fraction of sp³-hybridized carbons (Fsp3) is 1.00. The highest BCUT2D eigenvalue weighted by atomic mass is 16.3. The van der Waals surface area contributed by atoms with Crippen LogP contribution in [0.3, 0.4) is 0 Å². The summed E-state index contributed by atoms with van der Waals surface area (Å²) in [5.74, 6) is 0.638. The van der Waals surface area contributed by atoms with Gasteiger partial charge < -0.3 is 14.9 Å². The zero-order valence-corrected chi connectivity index (χ0v) is 9.03. The fourth-order valence-corrected chi connectivity index (χ4v) is 2.25. The normalized spacial score (nSPS) is 27.9. The first kappa shape index (κ1) is 11.0. The number of nitrogens with zero attached hydrogens (tertiary/aromatic N) is 2. The molecule has 0 aromatic carbocycles. The molecule has 78 valence electrons. The van der Waals surface area contributed by atoms with E-state index in [4.69, 9.17) is 0 Å². The highest BCUT2D eigenvalue weighted by molar-refractivity contribution is 4.81. The lowest BCUT2D eigenvalue weighted by atomic mass is 9.90. The molecule has 0 bridgehead atoms. The minimum Gasteiger partial charge on any atom is -0.395 e. The Morgan fingerprint density at radius 2 is 2.23 bits per heavy atom. The Labute approximate surface area is 81.3 Å². The molecule has 1 aliphatic rings. The molecule has 0 saturated carbocycles. The predicted octanol–water partition coefficient (Wildman–Crippen LogP) is 0.251. The van der Waals surface area contributed by atoms with E-state index >= 15 is 0 Å². The molecule has 1 saturated heterocycles. The molecule has 0 spiro atoms. The topological polar surface area (TPSA) is 26.7 Å². The summed E-state index contributed by atoms with van der Waals surface area (Å²) in [4.78, 5) is 4.50. The van der Waals surface area contributed by atoms with E-state index in [0.717, 1.165) is 6.54 Å². The molecule has 0 aliphatic carbocycles. The Bertz CT molecular complexity index is 150. The van der Waals surface area contributed by atoms with Crippen LogP contribution in [0.5, 0.6) is 0 Å². The van der Waals surface area contributed by atoms with Crippen LogP contribution in [0.25, 0.3) is 0 Å². The molecule has 1 rings (SSSR count). The maximum atomic E-state index is 9.27. The Balaban J connectivity index is 2.47. The summed E-state index contributed by atoms with van der Waals surface area (Å²) in [6, 6.07) is 0.336. The van der Waals surface area contributed by atoms with Crippen molar-refractivity contribution in [3.8, 4) is 0 Å². The van der Waals surface area contributed by atoms with Crippen LogP contribution in [0.4, 0.5) is 0 Å².